The number of amides is 2. The molecule has 0 atom stereocenters. The molecule has 5 nitrogen and oxygen atoms in total. The Morgan fingerprint density at radius 1 is 1.31 bits per heavy atom. The number of nitrogens with two attached hydrogens (primary N) is 1. The molecule has 0 saturated heterocycles. The lowest BCUT2D eigenvalue weighted by molar-refractivity contribution is 0.242. The first-order valence-corrected chi connectivity index (χ1v) is 5.12. The minimum atomic E-state index is -0.554. The van der Waals surface area contributed by atoms with Crippen LogP contribution in [0.1, 0.15) is 6.92 Å². The smallest absolute Gasteiger partial charge is 0.312 e. The van der Waals surface area contributed by atoms with E-state index in [0.717, 1.165) is 0 Å². The van der Waals surface area contributed by atoms with Gasteiger partial charge in [-0.25, -0.2) is 4.79 Å². The van der Waals surface area contributed by atoms with Crippen LogP contribution < -0.4 is 20.5 Å². The van der Waals surface area contributed by atoms with Crippen molar-refractivity contribution in [1.29, 1.82) is 0 Å². The van der Waals surface area contributed by atoms with Crippen molar-refractivity contribution >= 4 is 6.03 Å². The molecule has 0 unspecified atom stereocenters. The summed E-state index contributed by atoms with van der Waals surface area (Å²) in [6.45, 7) is 3.22. The molecule has 0 bridgehead atoms. The summed E-state index contributed by atoms with van der Waals surface area (Å²) in [5, 5.41) is 2.44. The highest BCUT2D eigenvalue weighted by Gasteiger charge is 2.02. The minimum Gasteiger partial charge on any atom is -0.490 e. The molecule has 0 spiro atoms. The lowest BCUT2D eigenvalue weighted by atomic mass is 10.3. The van der Waals surface area contributed by atoms with Gasteiger partial charge in [0.05, 0.1) is 13.2 Å². The Kier molecular flexibility index (Phi) is 4.98. The summed E-state index contributed by atoms with van der Waals surface area (Å²) in [6.07, 6.45) is 0. The van der Waals surface area contributed by atoms with E-state index in [-0.39, 0.29) is 0 Å². The molecule has 0 aliphatic heterocycles. The van der Waals surface area contributed by atoms with Crippen LogP contribution in [0.15, 0.2) is 24.3 Å². The third kappa shape index (κ3) is 4.08. The number of hydrogen-bond donors (Lipinski definition) is 2. The largest absolute Gasteiger partial charge is 0.490 e. The maximum Gasteiger partial charge on any atom is 0.312 e. The Hall–Kier alpha value is -1.91. The zero-order valence-corrected chi connectivity index (χ0v) is 9.23. The number of ether oxygens (including phenoxy) is 2. The van der Waals surface area contributed by atoms with Crippen molar-refractivity contribution in [2.75, 3.05) is 19.8 Å². The highest BCUT2D eigenvalue weighted by molar-refractivity contribution is 5.71. The van der Waals surface area contributed by atoms with Gasteiger partial charge in [0.2, 0.25) is 0 Å². The van der Waals surface area contributed by atoms with Gasteiger partial charge in [0.1, 0.15) is 6.61 Å². The molecule has 2 amide bonds. The van der Waals surface area contributed by atoms with Crippen LogP contribution in [0.3, 0.4) is 0 Å². The first kappa shape index (κ1) is 12.2. The molecule has 0 fully saturated rings. The van der Waals surface area contributed by atoms with Crippen molar-refractivity contribution in [2.24, 2.45) is 5.73 Å². The maximum atomic E-state index is 10.4. The van der Waals surface area contributed by atoms with Crippen LogP contribution in [0.25, 0.3) is 0 Å². The highest BCUT2D eigenvalue weighted by atomic mass is 16.5. The molecule has 0 heterocycles. The number of hydrogen-bond acceptors (Lipinski definition) is 3. The molecule has 0 saturated carbocycles. The molecule has 0 aliphatic rings. The average Bonchev–Trinajstić information content (AvgIpc) is 2.26. The zero-order valence-electron chi connectivity index (χ0n) is 9.23. The van der Waals surface area contributed by atoms with Gasteiger partial charge in [0.25, 0.3) is 0 Å². The third-order valence-electron chi connectivity index (χ3n) is 1.81. The van der Waals surface area contributed by atoms with Crippen molar-refractivity contribution in [3.63, 3.8) is 0 Å². The van der Waals surface area contributed by atoms with E-state index in [2.05, 4.69) is 5.32 Å². The first-order chi connectivity index (χ1) is 7.74. The number of primary amides is 1. The van der Waals surface area contributed by atoms with Crippen LogP contribution in [-0.2, 0) is 0 Å². The minimum absolute atomic E-state index is 0.354. The van der Waals surface area contributed by atoms with Crippen molar-refractivity contribution in [3.8, 4) is 11.5 Å². The van der Waals surface area contributed by atoms with E-state index in [1.807, 2.05) is 31.2 Å². The summed E-state index contributed by atoms with van der Waals surface area (Å²) in [5.74, 6) is 1.36. The summed E-state index contributed by atoms with van der Waals surface area (Å²) in [5.41, 5.74) is 4.92. The van der Waals surface area contributed by atoms with Crippen molar-refractivity contribution in [1.82, 2.24) is 5.32 Å². The molecule has 0 aromatic heterocycles. The van der Waals surface area contributed by atoms with Gasteiger partial charge in [0, 0.05) is 0 Å². The molecule has 1 aromatic carbocycles. The number of carbonyl (C=O) groups is 1. The van der Waals surface area contributed by atoms with E-state index >= 15 is 0 Å². The fourth-order valence-electron chi connectivity index (χ4n) is 1.18. The van der Waals surface area contributed by atoms with E-state index in [1.54, 1.807) is 0 Å². The van der Waals surface area contributed by atoms with Crippen molar-refractivity contribution < 1.29 is 14.3 Å². The second-order valence-corrected chi connectivity index (χ2v) is 3.02. The van der Waals surface area contributed by atoms with Crippen LogP contribution in [-0.4, -0.2) is 25.8 Å². The number of para-hydroxylation sites is 2. The lowest BCUT2D eigenvalue weighted by Gasteiger charge is -2.11. The third-order valence-corrected chi connectivity index (χ3v) is 1.81. The predicted molar refractivity (Wildman–Crippen MR) is 60.7 cm³/mol. The van der Waals surface area contributed by atoms with Crippen molar-refractivity contribution in [2.45, 2.75) is 6.92 Å². The van der Waals surface area contributed by atoms with Crippen LogP contribution in [0.5, 0.6) is 11.5 Å². The fourth-order valence-corrected chi connectivity index (χ4v) is 1.18. The average molecular weight is 224 g/mol. The Morgan fingerprint density at radius 2 is 1.94 bits per heavy atom. The molecule has 0 aliphatic carbocycles. The Labute approximate surface area is 94.5 Å². The molecule has 0 radical (unpaired) electrons. The maximum absolute atomic E-state index is 10.4. The number of nitrogens with one attached hydrogen (secondary N) is 1. The van der Waals surface area contributed by atoms with Gasteiger partial charge in [0.15, 0.2) is 11.5 Å². The lowest BCUT2D eigenvalue weighted by Crippen LogP contribution is -2.32. The zero-order chi connectivity index (χ0) is 11.8. The molecule has 16 heavy (non-hydrogen) atoms. The first-order valence-electron chi connectivity index (χ1n) is 5.12. The molecule has 1 rings (SSSR count). The van der Waals surface area contributed by atoms with Gasteiger partial charge < -0.3 is 20.5 Å². The second-order valence-electron chi connectivity index (χ2n) is 3.02. The highest BCUT2D eigenvalue weighted by Crippen LogP contribution is 2.25. The van der Waals surface area contributed by atoms with Crippen LogP contribution in [0.2, 0.25) is 0 Å². The number of benzene rings is 1. The van der Waals surface area contributed by atoms with E-state index in [9.17, 15) is 4.79 Å². The van der Waals surface area contributed by atoms with Gasteiger partial charge in [-0.15, -0.1) is 0 Å². The predicted octanol–water partition coefficient (Wildman–Crippen LogP) is 1.13. The van der Waals surface area contributed by atoms with Crippen molar-refractivity contribution in [3.05, 3.63) is 24.3 Å². The molecule has 1 aromatic rings. The molecular formula is C11H16N2O3. The molecule has 3 N–H and O–H groups in total. The van der Waals surface area contributed by atoms with Crippen LogP contribution in [0, 0.1) is 0 Å². The molecule has 88 valence electrons. The monoisotopic (exact) mass is 224 g/mol. The normalized spacial score (nSPS) is 9.56. The van der Waals surface area contributed by atoms with Gasteiger partial charge in [-0.3, -0.25) is 0 Å². The molecular weight excluding hydrogens is 208 g/mol. The second kappa shape index (κ2) is 6.55. The van der Waals surface area contributed by atoms with Gasteiger partial charge >= 0.3 is 6.03 Å². The Morgan fingerprint density at radius 3 is 2.50 bits per heavy atom. The fraction of sp³-hybridized carbons (Fsp3) is 0.364. The Balaban J connectivity index is 2.43. The SMILES string of the molecule is CCOc1ccccc1OCCNC(N)=O. The summed E-state index contributed by atoms with van der Waals surface area (Å²) in [4.78, 5) is 10.4. The Bertz CT molecular complexity index is 342. The number of rotatable bonds is 6. The summed E-state index contributed by atoms with van der Waals surface area (Å²) >= 11 is 0. The van der Waals surface area contributed by atoms with E-state index in [1.165, 1.54) is 0 Å². The number of urea groups is 1. The standard InChI is InChI=1S/C11H16N2O3/c1-2-15-9-5-3-4-6-10(9)16-8-7-13-11(12)14/h3-6H,2,7-8H2,1H3,(H3,12,13,14). The van der Waals surface area contributed by atoms with Crippen LogP contribution >= 0.6 is 0 Å². The van der Waals surface area contributed by atoms with E-state index in [4.69, 9.17) is 15.2 Å². The summed E-state index contributed by atoms with van der Waals surface area (Å²) in [6, 6.07) is 6.83. The van der Waals surface area contributed by atoms with E-state index in [0.29, 0.717) is 31.3 Å². The summed E-state index contributed by atoms with van der Waals surface area (Å²) < 4.78 is 10.8. The molecule has 5 heteroatoms. The van der Waals surface area contributed by atoms with Gasteiger partial charge in [-0.05, 0) is 19.1 Å². The quantitative estimate of drug-likeness (QED) is 0.711. The van der Waals surface area contributed by atoms with Gasteiger partial charge in [-0.2, -0.15) is 0 Å². The van der Waals surface area contributed by atoms with E-state index < -0.39 is 6.03 Å². The van der Waals surface area contributed by atoms with Crippen LogP contribution in [0.4, 0.5) is 4.79 Å². The topological polar surface area (TPSA) is 73.6 Å². The number of carbonyl (C=O) groups excluding carboxylic acids is 1. The van der Waals surface area contributed by atoms with Gasteiger partial charge in [-0.1, -0.05) is 12.1 Å². The summed E-state index contributed by atoms with van der Waals surface area (Å²) in [7, 11) is 0.